The Morgan fingerprint density at radius 1 is 1.35 bits per heavy atom. The molecule has 0 aromatic carbocycles. The third-order valence-electron chi connectivity index (χ3n) is 3.93. The van der Waals surface area contributed by atoms with Gasteiger partial charge in [-0.3, -0.25) is 0 Å². The maximum Gasteiger partial charge on any atom is 0.133 e. The molecule has 4 nitrogen and oxygen atoms in total. The molecule has 1 aliphatic heterocycles. The summed E-state index contributed by atoms with van der Waals surface area (Å²) in [5.41, 5.74) is 7.09. The van der Waals surface area contributed by atoms with E-state index >= 15 is 0 Å². The van der Waals surface area contributed by atoms with Crippen molar-refractivity contribution in [1.29, 1.82) is 0 Å². The Bertz CT molecular complexity index is 409. The standard InChI is InChI=1S/C13H19N3O/c14-13(8-10(17)9-13)11-4-3-5-15-12(11)16-6-1-2-7-16/h3-5,10,17H,1-2,6-9,14H2. The zero-order valence-corrected chi connectivity index (χ0v) is 9.97. The number of nitrogens with zero attached hydrogens (tertiary/aromatic N) is 2. The van der Waals surface area contributed by atoms with Gasteiger partial charge in [0.25, 0.3) is 0 Å². The van der Waals surface area contributed by atoms with Crippen LogP contribution in [0.15, 0.2) is 18.3 Å². The Balaban J connectivity index is 1.93. The maximum absolute atomic E-state index is 9.49. The van der Waals surface area contributed by atoms with Gasteiger partial charge >= 0.3 is 0 Å². The monoisotopic (exact) mass is 233 g/mol. The second-order valence-electron chi connectivity index (χ2n) is 5.29. The highest BCUT2D eigenvalue weighted by atomic mass is 16.3. The van der Waals surface area contributed by atoms with Crippen LogP contribution in [-0.2, 0) is 5.54 Å². The molecule has 17 heavy (non-hydrogen) atoms. The van der Waals surface area contributed by atoms with Gasteiger partial charge in [0.1, 0.15) is 5.82 Å². The van der Waals surface area contributed by atoms with Crippen molar-refractivity contribution in [2.75, 3.05) is 18.0 Å². The van der Waals surface area contributed by atoms with Crippen molar-refractivity contribution < 1.29 is 5.11 Å². The summed E-state index contributed by atoms with van der Waals surface area (Å²) < 4.78 is 0. The van der Waals surface area contributed by atoms with Crippen molar-refractivity contribution in [3.8, 4) is 0 Å². The zero-order chi connectivity index (χ0) is 11.9. The molecule has 3 rings (SSSR count). The lowest BCUT2D eigenvalue weighted by molar-refractivity contribution is 0.0210. The molecule has 4 heteroatoms. The van der Waals surface area contributed by atoms with E-state index in [-0.39, 0.29) is 11.6 Å². The van der Waals surface area contributed by atoms with Crippen LogP contribution < -0.4 is 10.6 Å². The zero-order valence-electron chi connectivity index (χ0n) is 9.97. The molecule has 1 saturated carbocycles. The van der Waals surface area contributed by atoms with E-state index in [4.69, 9.17) is 5.73 Å². The normalized spacial score (nSPS) is 32.6. The predicted molar refractivity (Wildman–Crippen MR) is 66.8 cm³/mol. The molecule has 0 spiro atoms. The number of aromatic nitrogens is 1. The van der Waals surface area contributed by atoms with E-state index in [1.165, 1.54) is 12.8 Å². The minimum Gasteiger partial charge on any atom is -0.393 e. The van der Waals surface area contributed by atoms with E-state index in [2.05, 4.69) is 16.0 Å². The number of pyridine rings is 1. The minimum absolute atomic E-state index is 0.244. The second-order valence-corrected chi connectivity index (χ2v) is 5.29. The lowest BCUT2D eigenvalue weighted by atomic mass is 9.70. The molecule has 1 aliphatic carbocycles. The van der Waals surface area contributed by atoms with Crippen molar-refractivity contribution in [2.24, 2.45) is 5.73 Å². The van der Waals surface area contributed by atoms with Gasteiger partial charge in [0.15, 0.2) is 0 Å². The number of aliphatic hydroxyl groups excluding tert-OH is 1. The van der Waals surface area contributed by atoms with Crippen molar-refractivity contribution in [2.45, 2.75) is 37.3 Å². The Hall–Kier alpha value is -1.13. The van der Waals surface area contributed by atoms with Crippen LogP contribution in [0, 0.1) is 0 Å². The van der Waals surface area contributed by atoms with Crippen molar-refractivity contribution >= 4 is 5.82 Å². The Kier molecular flexibility index (Phi) is 2.56. The molecule has 0 bridgehead atoms. The van der Waals surface area contributed by atoms with Crippen LogP contribution in [0.3, 0.4) is 0 Å². The highest BCUT2D eigenvalue weighted by Crippen LogP contribution is 2.42. The Morgan fingerprint density at radius 3 is 2.71 bits per heavy atom. The third kappa shape index (κ3) is 1.81. The topological polar surface area (TPSA) is 62.4 Å². The average Bonchev–Trinajstić information content (AvgIpc) is 2.80. The van der Waals surface area contributed by atoms with Gasteiger partial charge < -0.3 is 15.7 Å². The second kappa shape index (κ2) is 3.96. The van der Waals surface area contributed by atoms with E-state index in [1.807, 2.05) is 12.3 Å². The van der Waals surface area contributed by atoms with Gasteiger partial charge in [-0.2, -0.15) is 0 Å². The lowest BCUT2D eigenvalue weighted by Gasteiger charge is -2.43. The van der Waals surface area contributed by atoms with Crippen LogP contribution in [-0.4, -0.2) is 29.3 Å². The Labute approximate surface area is 101 Å². The van der Waals surface area contributed by atoms with Crippen LogP contribution in [0.1, 0.15) is 31.2 Å². The van der Waals surface area contributed by atoms with Gasteiger partial charge in [-0.15, -0.1) is 0 Å². The molecular weight excluding hydrogens is 214 g/mol. The van der Waals surface area contributed by atoms with Crippen LogP contribution >= 0.6 is 0 Å². The van der Waals surface area contributed by atoms with Gasteiger partial charge in [-0.05, 0) is 31.7 Å². The smallest absolute Gasteiger partial charge is 0.133 e. The predicted octanol–water partition coefficient (Wildman–Crippen LogP) is 0.990. The SMILES string of the molecule is NC1(c2cccnc2N2CCCC2)CC(O)C1. The van der Waals surface area contributed by atoms with Crippen molar-refractivity contribution in [3.05, 3.63) is 23.9 Å². The van der Waals surface area contributed by atoms with Crippen LogP contribution in [0.25, 0.3) is 0 Å². The lowest BCUT2D eigenvalue weighted by Crippen LogP contribution is -2.52. The summed E-state index contributed by atoms with van der Waals surface area (Å²) in [6.07, 6.45) is 5.35. The summed E-state index contributed by atoms with van der Waals surface area (Å²) in [7, 11) is 0. The summed E-state index contributed by atoms with van der Waals surface area (Å²) in [6, 6.07) is 4.00. The first-order valence-electron chi connectivity index (χ1n) is 6.36. The van der Waals surface area contributed by atoms with Crippen LogP contribution in [0.2, 0.25) is 0 Å². The molecule has 1 aromatic heterocycles. The molecule has 0 amide bonds. The van der Waals surface area contributed by atoms with Crippen LogP contribution in [0.5, 0.6) is 0 Å². The van der Waals surface area contributed by atoms with E-state index in [0.29, 0.717) is 12.8 Å². The number of rotatable bonds is 2. The summed E-state index contributed by atoms with van der Waals surface area (Å²) >= 11 is 0. The van der Waals surface area contributed by atoms with Crippen LogP contribution in [0.4, 0.5) is 5.82 Å². The number of anilines is 1. The summed E-state index contributed by atoms with van der Waals surface area (Å²) in [5.74, 6) is 1.03. The third-order valence-corrected chi connectivity index (χ3v) is 3.93. The molecule has 2 heterocycles. The highest BCUT2D eigenvalue weighted by molar-refractivity contribution is 5.52. The molecular formula is C13H19N3O. The van der Waals surface area contributed by atoms with E-state index in [9.17, 15) is 5.11 Å². The number of hydrogen-bond acceptors (Lipinski definition) is 4. The van der Waals surface area contributed by atoms with Gasteiger partial charge in [-0.25, -0.2) is 4.98 Å². The maximum atomic E-state index is 9.49. The largest absolute Gasteiger partial charge is 0.393 e. The van der Waals surface area contributed by atoms with Gasteiger partial charge in [0.05, 0.1) is 6.10 Å². The summed E-state index contributed by atoms with van der Waals surface area (Å²) in [5, 5.41) is 9.49. The first kappa shape index (κ1) is 11.0. The molecule has 3 N–H and O–H groups in total. The first-order chi connectivity index (χ1) is 8.19. The van der Waals surface area contributed by atoms with Crippen molar-refractivity contribution in [1.82, 2.24) is 4.98 Å². The fourth-order valence-electron chi connectivity index (χ4n) is 2.97. The van der Waals surface area contributed by atoms with Gasteiger partial charge in [0.2, 0.25) is 0 Å². The first-order valence-corrected chi connectivity index (χ1v) is 6.36. The Morgan fingerprint density at radius 2 is 2.06 bits per heavy atom. The molecule has 0 radical (unpaired) electrons. The average molecular weight is 233 g/mol. The fourth-order valence-corrected chi connectivity index (χ4v) is 2.97. The van der Waals surface area contributed by atoms with E-state index in [1.54, 1.807) is 0 Å². The number of nitrogens with two attached hydrogens (primary N) is 1. The van der Waals surface area contributed by atoms with Gasteiger partial charge in [0, 0.05) is 30.4 Å². The highest BCUT2D eigenvalue weighted by Gasteiger charge is 2.43. The molecule has 0 unspecified atom stereocenters. The molecule has 2 aliphatic rings. The number of hydrogen-bond donors (Lipinski definition) is 2. The molecule has 1 saturated heterocycles. The molecule has 92 valence electrons. The van der Waals surface area contributed by atoms with Crippen molar-refractivity contribution in [3.63, 3.8) is 0 Å². The molecule has 1 aromatic rings. The number of aliphatic hydroxyl groups is 1. The van der Waals surface area contributed by atoms with Gasteiger partial charge in [-0.1, -0.05) is 6.07 Å². The quantitative estimate of drug-likeness (QED) is 0.799. The molecule has 2 fully saturated rings. The minimum atomic E-state index is -0.369. The summed E-state index contributed by atoms with van der Waals surface area (Å²) in [4.78, 5) is 6.81. The van der Waals surface area contributed by atoms with E-state index in [0.717, 1.165) is 24.5 Å². The summed E-state index contributed by atoms with van der Waals surface area (Å²) in [6.45, 7) is 2.14. The molecule has 0 atom stereocenters. The van der Waals surface area contributed by atoms with E-state index < -0.39 is 0 Å². The fraction of sp³-hybridized carbons (Fsp3) is 0.615.